The summed E-state index contributed by atoms with van der Waals surface area (Å²) < 4.78 is 23.6. The van der Waals surface area contributed by atoms with Gasteiger partial charge in [0, 0.05) is 13.2 Å². The third-order valence-electron chi connectivity index (χ3n) is 5.54. The Balaban J connectivity index is 2.03. The third-order valence-corrected chi connectivity index (χ3v) is 5.54. The minimum absolute atomic E-state index is 0.315. The number of hydrogen-bond donors (Lipinski definition) is 0. The Morgan fingerprint density at radius 3 is 1.85 bits per heavy atom. The maximum atomic E-state index is 6.32. The van der Waals surface area contributed by atoms with Crippen LogP contribution in [0.1, 0.15) is 77.0 Å². The van der Waals surface area contributed by atoms with E-state index in [0.717, 1.165) is 31.1 Å². The van der Waals surface area contributed by atoms with Crippen molar-refractivity contribution in [3.8, 4) is 11.5 Å². The summed E-state index contributed by atoms with van der Waals surface area (Å²) in [5.41, 5.74) is 3.77. The van der Waals surface area contributed by atoms with Crippen LogP contribution in [0, 0.1) is 11.8 Å². The van der Waals surface area contributed by atoms with E-state index < -0.39 is 0 Å². The largest absolute Gasteiger partial charge is 0.491 e. The average molecular weight is 471 g/mol. The second-order valence-corrected chi connectivity index (χ2v) is 10.3. The summed E-state index contributed by atoms with van der Waals surface area (Å²) in [5.74, 6) is 3.70. The molecule has 0 spiro atoms. The molecule has 0 aliphatic rings. The van der Waals surface area contributed by atoms with Gasteiger partial charge in [-0.2, -0.15) is 0 Å². The SMILES string of the molecule is CC(C)COCCOc1cccc(CC(C)c2cccc(C(C)C)c2OCCOCC(C)C)c1. The van der Waals surface area contributed by atoms with E-state index in [-0.39, 0.29) is 0 Å². The Kier molecular flexibility index (Phi) is 12.5. The molecule has 0 aliphatic heterocycles. The molecule has 2 aromatic carbocycles. The summed E-state index contributed by atoms with van der Waals surface area (Å²) in [7, 11) is 0. The van der Waals surface area contributed by atoms with Crippen molar-refractivity contribution in [2.45, 2.75) is 66.7 Å². The van der Waals surface area contributed by atoms with Crippen molar-refractivity contribution in [1.29, 1.82) is 0 Å². The molecule has 0 heterocycles. The second kappa shape index (κ2) is 15.1. The zero-order chi connectivity index (χ0) is 24.9. The molecule has 0 bridgehead atoms. The van der Waals surface area contributed by atoms with Crippen LogP contribution >= 0.6 is 0 Å². The van der Waals surface area contributed by atoms with E-state index in [2.05, 4.69) is 84.9 Å². The van der Waals surface area contributed by atoms with Gasteiger partial charge in [-0.1, -0.05) is 78.8 Å². The maximum absolute atomic E-state index is 6.32. The van der Waals surface area contributed by atoms with Crippen LogP contribution in [-0.4, -0.2) is 39.6 Å². The molecule has 1 unspecified atom stereocenters. The predicted octanol–water partition coefficient (Wildman–Crippen LogP) is 7.26. The fraction of sp³-hybridized carbons (Fsp3) is 0.600. The summed E-state index contributed by atoms with van der Waals surface area (Å²) in [5, 5.41) is 0. The molecule has 0 radical (unpaired) electrons. The normalized spacial score (nSPS) is 12.5. The van der Waals surface area contributed by atoms with Crippen molar-refractivity contribution in [2.24, 2.45) is 11.8 Å². The van der Waals surface area contributed by atoms with E-state index in [1.54, 1.807) is 0 Å². The van der Waals surface area contributed by atoms with Gasteiger partial charge in [-0.25, -0.2) is 0 Å². The molecule has 0 aliphatic carbocycles. The van der Waals surface area contributed by atoms with Crippen LogP contribution in [0.5, 0.6) is 11.5 Å². The first kappa shape index (κ1) is 28.2. The highest BCUT2D eigenvalue weighted by Crippen LogP contribution is 2.36. The van der Waals surface area contributed by atoms with E-state index in [0.29, 0.717) is 50.1 Å². The first-order valence-corrected chi connectivity index (χ1v) is 12.9. The lowest BCUT2D eigenvalue weighted by Gasteiger charge is -2.22. The monoisotopic (exact) mass is 470 g/mol. The number of benzene rings is 2. The summed E-state index contributed by atoms with van der Waals surface area (Å²) in [4.78, 5) is 0. The molecule has 2 aromatic rings. The Labute approximate surface area is 208 Å². The van der Waals surface area contributed by atoms with E-state index >= 15 is 0 Å². The Bertz CT molecular complexity index is 828. The van der Waals surface area contributed by atoms with Crippen molar-refractivity contribution in [2.75, 3.05) is 39.6 Å². The lowest BCUT2D eigenvalue weighted by Crippen LogP contribution is -2.13. The zero-order valence-corrected chi connectivity index (χ0v) is 22.4. The van der Waals surface area contributed by atoms with E-state index in [1.807, 2.05) is 6.07 Å². The molecule has 4 nitrogen and oxygen atoms in total. The van der Waals surface area contributed by atoms with Gasteiger partial charge < -0.3 is 18.9 Å². The average Bonchev–Trinajstić information content (AvgIpc) is 2.78. The summed E-state index contributed by atoms with van der Waals surface area (Å²) in [6, 6.07) is 14.9. The van der Waals surface area contributed by atoms with Gasteiger partial charge in [-0.15, -0.1) is 0 Å². The molecule has 2 rings (SSSR count). The molecular formula is C30H46O4. The minimum Gasteiger partial charge on any atom is -0.491 e. The highest BCUT2D eigenvalue weighted by atomic mass is 16.5. The number of para-hydroxylation sites is 1. The number of ether oxygens (including phenoxy) is 4. The molecular weight excluding hydrogens is 424 g/mol. The van der Waals surface area contributed by atoms with Gasteiger partial charge >= 0.3 is 0 Å². The van der Waals surface area contributed by atoms with E-state index in [1.165, 1.54) is 16.7 Å². The topological polar surface area (TPSA) is 36.9 Å². The van der Waals surface area contributed by atoms with Crippen molar-refractivity contribution in [1.82, 2.24) is 0 Å². The Hall–Kier alpha value is -2.04. The first-order chi connectivity index (χ1) is 16.3. The van der Waals surface area contributed by atoms with Crippen molar-refractivity contribution in [3.05, 3.63) is 59.2 Å². The number of rotatable bonds is 16. The summed E-state index contributed by atoms with van der Waals surface area (Å²) >= 11 is 0. The molecule has 4 heteroatoms. The van der Waals surface area contributed by atoms with Gasteiger partial charge in [0.2, 0.25) is 0 Å². The highest BCUT2D eigenvalue weighted by Gasteiger charge is 2.18. The van der Waals surface area contributed by atoms with Crippen LogP contribution in [0.2, 0.25) is 0 Å². The van der Waals surface area contributed by atoms with Gasteiger partial charge in [-0.05, 0) is 58.9 Å². The second-order valence-electron chi connectivity index (χ2n) is 10.3. The van der Waals surface area contributed by atoms with Gasteiger partial charge in [0.1, 0.15) is 24.7 Å². The van der Waals surface area contributed by atoms with E-state index in [4.69, 9.17) is 18.9 Å². The molecule has 34 heavy (non-hydrogen) atoms. The van der Waals surface area contributed by atoms with Crippen LogP contribution < -0.4 is 9.47 Å². The first-order valence-electron chi connectivity index (χ1n) is 12.9. The molecule has 1 atom stereocenters. The lowest BCUT2D eigenvalue weighted by atomic mass is 9.89. The van der Waals surface area contributed by atoms with Crippen LogP contribution in [0.4, 0.5) is 0 Å². The van der Waals surface area contributed by atoms with E-state index in [9.17, 15) is 0 Å². The summed E-state index contributed by atoms with van der Waals surface area (Å²) in [6.07, 6.45) is 0.919. The maximum Gasteiger partial charge on any atom is 0.126 e. The lowest BCUT2D eigenvalue weighted by molar-refractivity contribution is 0.0812. The quantitative estimate of drug-likeness (QED) is 0.242. The molecule has 0 aromatic heterocycles. The van der Waals surface area contributed by atoms with Gasteiger partial charge in [-0.3, -0.25) is 0 Å². The van der Waals surface area contributed by atoms with Gasteiger partial charge in [0.05, 0.1) is 13.2 Å². The highest BCUT2D eigenvalue weighted by molar-refractivity contribution is 5.46. The molecule has 0 saturated carbocycles. The van der Waals surface area contributed by atoms with Crippen molar-refractivity contribution in [3.63, 3.8) is 0 Å². The Morgan fingerprint density at radius 1 is 0.647 bits per heavy atom. The number of hydrogen-bond acceptors (Lipinski definition) is 4. The third kappa shape index (κ3) is 10.1. The summed E-state index contributed by atoms with van der Waals surface area (Å²) in [6.45, 7) is 19.2. The van der Waals surface area contributed by atoms with Gasteiger partial charge in [0.25, 0.3) is 0 Å². The fourth-order valence-corrected chi connectivity index (χ4v) is 3.87. The smallest absolute Gasteiger partial charge is 0.126 e. The zero-order valence-electron chi connectivity index (χ0n) is 22.4. The van der Waals surface area contributed by atoms with Crippen LogP contribution in [0.3, 0.4) is 0 Å². The Morgan fingerprint density at radius 2 is 1.24 bits per heavy atom. The van der Waals surface area contributed by atoms with Crippen LogP contribution in [-0.2, 0) is 15.9 Å². The molecule has 0 amide bonds. The fourth-order valence-electron chi connectivity index (χ4n) is 3.87. The van der Waals surface area contributed by atoms with Crippen LogP contribution in [0.15, 0.2) is 42.5 Å². The van der Waals surface area contributed by atoms with Crippen molar-refractivity contribution < 1.29 is 18.9 Å². The van der Waals surface area contributed by atoms with Gasteiger partial charge in [0.15, 0.2) is 0 Å². The molecule has 0 fully saturated rings. The predicted molar refractivity (Wildman–Crippen MR) is 141 cm³/mol. The molecule has 0 saturated heterocycles. The van der Waals surface area contributed by atoms with Crippen molar-refractivity contribution >= 4 is 0 Å². The standard InChI is InChI=1S/C30H46O4/c1-22(2)20-31-14-16-33-27-11-8-10-26(19-27)18-25(7)29-13-9-12-28(24(5)6)30(29)34-17-15-32-21-23(3)4/h8-13,19,22-25H,14-18,20-21H2,1-7H3. The molecule has 0 N–H and O–H groups in total. The minimum atomic E-state index is 0.315. The molecule has 190 valence electrons. The van der Waals surface area contributed by atoms with Crippen LogP contribution in [0.25, 0.3) is 0 Å².